The van der Waals surface area contributed by atoms with Crippen LogP contribution in [0.25, 0.3) is 0 Å². The summed E-state index contributed by atoms with van der Waals surface area (Å²) in [4.78, 5) is 3.97. The van der Waals surface area contributed by atoms with Crippen LogP contribution < -0.4 is 5.73 Å². The summed E-state index contributed by atoms with van der Waals surface area (Å²) in [5, 5.41) is 0. The van der Waals surface area contributed by atoms with E-state index in [9.17, 15) is 0 Å². The van der Waals surface area contributed by atoms with Gasteiger partial charge in [-0.3, -0.25) is 4.98 Å². The third-order valence-electron chi connectivity index (χ3n) is 2.22. The molecule has 2 rings (SSSR count). The first kappa shape index (κ1) is 14.9. The summed E-state index contributed by atoms with van der Waals surface area (Å²) in [5.74, 6) is 0. The van der Waals surface area contributed by atoms with Gasteiger partial charge in [-0.2, -0.15) is 0 Å². The smallest absolute Gasteiger partial charge is 0.0552 e. The minimum atomic E-state index is -0.0563. The van der Waals surface area contributed by atoms with Crippen LogP contribution in [0.4, 0.5) is 0 Å². The normalized spacial score (nSPS) is 10.8. The quantitative estimate of drug-likeness (QED) is 0.898. The highest BCUT2D eigenvalue weighted by Crippen LogP contribution is 2.17. The molecule has 0 bridgehead atoms. The number of aromatic nitrogens is 1. The maximum Gasteiger partial charge on any atom is 0.0552 e. The number of nitrogens with two attached hydrogens (primary N) is 1. The lowest BCUT2D eigenvalue weighted by Gasteiger charge is -2.11. The molecule has 0 radical (unpaired) electrons. The van der Waals surface area contributed by atoms with E-state index in [1.165, 1.54) is 0 Å². The van der Waals surface area contributed by atoms with Gasteiger partial charge in [-0.15, -0.1) is 24.8 Å². The number of benzene rings is 1. The van der Waals surface area contributed by atoms with Crippen LogP contribution in [-0.2, 0) is 0 Å². The van der Waals surface area contributed by atoms with E-state index in [1.807, 2.05) is 42.5 Å². The highest BCUT2D eigenvalue weighted by molar-refractivity contribution is 5.85. The van der Waals surface area contributed by atoms with Crippen LogP contribution in [0.3, 0.4) is 0 Å². The van der Waals surface area contributed by atoms with Gasteiger partial charge in [0, 0.05) is 12.4 Å². The maximum atomic E-state index is 6.09. The predicted octanol–water partition coefficient (Wildman–Crippen LogP) is 2.97. The van der Waals surface area contributed by atoms with Crippen molar-refractivity contribution < 1.29 is 0 Å². The highest BCUT2D eigenvalue weighted by atomic mass is 35.5. The number of hydrogen-bond acceptors (Lipinski definition) is 2. The van der Waals surface area contributed by atoms with Gasteiger partial charge < -0.3 is 5.73 Å². The van der Waals surface area contributed by atoms with Crippen molar-refractivity contribution in [2.45, 2.75) is 6.04 Å². The van der Waals surface area contributed by atoms with Crippen molar-refractivity contribution in [3.05, 3.63) is 66.0 Å². The number of nitrogens with zero attached hydrogens (tertiary/aromatic N) is 1. The molecule has 16 heavy (non-hydrogen) atoms. The second-order valence-corrected chi connectivity index (χ2v) is 3.17. The minimum Gasteiger partial charge on any atom is -0.320 e. The second kappa shape index (κ2) is 7.23. The Morgan fingerprint density at radius 1 is 0.812 bits per heavy atom. The van der Waals surface area contributed by atoms with Crippen molar-refractivity contribution >= 4 is 24.8 Å². The molecule has 0 saturated heterocycles. The fraction of sp³-hybridized carbons (Fsp3) is 0.0833. The molecular weight excluding hydrogens is 243 g/mol. The largest absolute Gasteiger partial charge is 0.320 e. The van der Waals surface area contributed by atoms with Gasteiger partial charge >= 0.3 is 0 Å². The SMILES string of the molecule is Cl.Cl.N[C@@H](c1ccccc1)c1ccncc1. The van der Waals surface area contributed by atoms with Gasteiger partial charge in [0.25, 0.3) is 0 Å². The van der Waals surface area contributed by atoms with Crippen molar-refractivity contribution in [2.24, 2.45) is 5.73 Å². The van der Waals surface area contributed by atoms with E-state index in [2.05, 4.69) is 4.98 Å². The van der Waals surface area contributed by atoms with Gasteiger partial charge in [0.05, 0.1) is 6.04 Å². The Hall–Kier alpha value is -1.09. The van der Waals surface area contributed by atoms with E-state index in [0.717, 1.165) is 11.1 Å². The van der Waals surface area contributed by atoms with Gasteiger partial charge in [0.1, 0.15) is 0 Å². The number of hydrogen-bond donors (Lipinski definition) is 1. The summed E-state index contributed by atoms with van der Waals surface area (Å²) in [6, 6.07) is 13.9. The highest BCUT2D eigenvalue weighted by Gasteiger charge is 2.06. The zero-order valence-corrected chi connectivity index (χ0v) is 10.2. The minimum absolute atomic E-state index is 0. The van der Waals surface area contributed by atoms with E-state index < -0.39 is 0 Å². The van der Waals surface area contributed by atoms with E-state index in [-0.39, 0.29) is 30.9 Å². The van der Waals surface area contributed by atoms with E-state index in [4.69, 9.17) is 5.73 Å². The number of rotatable bonds is 2. The summed E-state index contributed by atoms with van der Waals surface area (Å²) < 4.78 is 0. The van der Waals surface area contributed by atoms with Crippen LogP contribution in [-0.4, -0.2) is 4.98 Å². The molecule has 1 atom stereocenters. The van der Waals surface area contributed by atoms with E-state index in [1.54, 1.807) is 12.4 Å². The average molecular weight is 257 g/mol. The predicted molar refractivity (Wildman–Crippen MR) is 71.2 cm³/mol. The standard InChI is InChI=1S/C12H12N2.2ClH/c13-12(10-4-2-1-3-5-10)11-6-8-14-9-7-11;;/h1-9,12H,13H2;2*1H/t12-;;/m0../s1. The van der Waals surface area contributed by atoms with Crippen LogP contribution in [0.15, 0.2) is 54.9 Å². The van der Waals surface area contributed by atoms with E-state index >= 15 is 0 Å². The van der Waals surface area contributed by atoms with E-state index in [0.29, 0.717) is 0 Å². The molecule has 2 N–H and O–H groups in total. The molecule has 1 aromatic carbocycles. The van der Waals surface area contributed by atoms with Gasteiger partial charge in [-0.1, -0.05) is 30.3 Å². The van der Waals surface area contributed by atoms with Crippen LogP contribution in [0.1, 0.15) is 17.2 Å². The van der Waals surface area contributed by atoms with Crippen LogP contribution >= 0.6 is 24.8 Å². The molecule has 86 valence electrons. The average Bonchev–Trinajstić information content (AvgIpc) is 2.30. The molecule has 1 heterocycles. The molecule has 0 spiro atoms. The summed E-state index contributed by atoms with van der Waals surface area (Å²) in [6.45, 7) is 0. The fourth-order valence-corrected chi connectivity index (χ4v) is 1.42. The Bertz CT molecular complexity index is 353. The molecule has 0 aliphatic heterocycles. The Balaban J connectivity index is 0.00000112. The molecule has 2 nitrogen and oxygen atoms in total. The number of pyridine rings is 1. The van der Waals surface area contributed by atoms with Crippen molar-refractivity contribution in [1.29, 1.82) is 0 Å². The van der Waals surface area contributed by atoms with Crippen LogP contribution in [0, 0.1) is 0 Å². The Labute approximate surface area is 108 Å². The Kier molecular flexibility index (Phi) is 6.74. The summed E-state index contributed by atoms with van der Waals surface area (Å²) in [5.41, 5.74) is 8.30. The summed E-state index contributed by atoms with van der Waals surface area (Å²) in [6.07, 6.45) is 3.52. The molecule has 1 aromatic heterocycles. The molecule has 0 amide bonds. The first-order valence-electron chi connectivity index (χ1n) is 4.58. The van der Waals surface area contributed by atoms with Gasteiger partial charge in [-0.25, -0.2) is 0 Å². The molecule has 4 heteroatoms. The number of halogens is 2. The Morgan fingerprint density at radius 2 is 1.31 bits per heavy atom. The summed E-state index contributed by atoms with van der Waals surface area (Å²) in [7, 11) is 0. The Morgan fingerprint density at radius 3 is 1.88 bits per heavy atom. The van der Waals surface area contributed by atoms with Crippen molar-refractivity contribution in [3.8, 4) is 0 Å². The van der Waals surface area contributed by atoms with Gasteiger partial charge in [0.15, 0.2) is 0 Å². The molecule has 2 aromatic rings. The molecule has 0 fully saturated rings. The third kappa shape index (κ3) is 3.49. The lowest BCUT2D eigenvalue weighted by molar-refractivity contribution is 0.868. The zero-order valence-electron chi connectivity index (χ0n) is 8.61. The van der Waals surface area contributed by atoms with Gasteiger partial charge in [-0.05, 0) is 23.3 Å². The van der Waals surface area contributed by atoms with Crippen molar-refractivity contribution in [3.63, 3.8) is 0 Å². The topological polar surface area (TPSA) is 38.9 Å². The van der Waals surface area contributed by atoms with Crippen molar-refractivity contribution in [1.82, 2.24) is 4.98 Å². The third-order valence-corrected chi connectivity index (χ3v) is 2.22. The second-order valence-electron chi connectivity index (χ2n) is 3.17. The lowest BCUT2D eigenvalue weighted by atomic mass is 10.0. The molecule has 0 unspecified atom stereocenters. The zero-order chi connectivity index (χ0) is 9.80. The first-order chi connectivity index (χ1) is 6.88. The first-order valence-corrected chi connectivity index (χ1v) is 4.58. The van der Waals surface area contributed by atoms with Gasteiger partial charge in [0.2, 0.25) is 0 Å². The molecule has 0 aliphatic rings. The fourth-order valence-electron chi connectivity index (χ4n) is 1.42. The monoisotopic (exact) mass is 256 g/mol. The van der Waals surface area contributed by atoms with Crippen LogP contribution in [0.5, 0.6) is 0 Å². The van der Waals surface area contributed by atoms with Crippen molar-refractivity contribution in [2.75, 3.05) is 0 Å². The molecular formula is C12H14Cl2N2. The molecule has 0 aliphatic carbocycles. The maximum absolute atomic E-state index is 6.09. The lowest BCUT2D eigenvalue weighted by Crippen LogP contribution is -2.11. The molecule has 0 saturated carbocycles. The summed E-state index contributed by atoms with van der Waals surface area (Å²) >= 11 is 0. The van der Waals surface area contributed by atoms with Crippen LogP contribution in [0.2, 0.25) is 0 Å².